The summed E-state index contributed by atoms with van der Waals surface area (Å²) < 4.78 is 77.7. The first-order valence-corrected chi connectivity index (χ1v) is 7.80. The average molecular weight is 415 g/mol. The summed E-state index contributed by atoms with van der Waals surface area (Å²) in [7, 11) is 0. The highest BCUT2D eigenvalue weighted by atomic mass is 32.1. The van der Waals surface area contributed by atoms with Crippen molar-refractivity contribution in [3.8, 4) is 10.4 Å². The molecule has 2 aromatic rings. The van der Waals surface area contributed by atoms with Gasteiger partial charge in [0.05, 0.1) is 20.9 Å². The number of benzene rings is 1. The molecule has 1 heterocycles. The first-order valence-electron chi connectivity index (χ1n) is 6.54. The molecule has 4 nitrogen and oxygen atoms in total. The molecule has 0 fully saturated rings. The number of Topliss-reactive ketones (excluding diaryl/α,β-unsaturated/α-hetero) is 1. The van der Waals surface area contributed by atoms with E-state index >= 15 is 0 Å². The molecule has 26 heavy (non-hydrogen) atoms. The molecule has 0 aliphatic heterocycles. The summed E-state index contributed by atoms with van der Waals surface area (Å²) >= 11 is 4.24. The molecule has 0 radical (unpaired) electrons. The third kappa shape index (κ3) is 3.85. The Morgan fingerprint density at radius 1 is 1.08 bits per heavy atom. The van der Waals surface area contributed by atoms with E-state index in [1.54, 1.807) is 0 Å². The van der Waals surface area contributed by atoms with Gasteiger partial charge in [-0.05, 0) is 30.7 Å². The number of hydrogen-bond donors (Lipinski definition) is 1. The van der Waals surface area contributed by atoms with Gasteiger partial charge in [-0.1, -0.05) is 0 Å². The zero-order valence-electron chi connectivity index (χ0n) is 12.5. The van der Waals surface area contributed by atoms with Gasteiger partial charge in [-0.25, -0.2) is 0 Å². The number of hydrogen-bond acceptors (Lipinski definition) is 5. The quantitative estimate of drug-likeness (QED) is 0.225. The van der Waals surface area contributed by atoms with Crippen molar-refractivity contribution in [3.63, 3.8) is 0 Å². The number of thiol groups is 1. The summed E-state index contributed by atoms with van der Waals surface area (Å²) in [6.07, 6.45) is -10.2. The van der Waals surface area contributed by atoms with E-state index in [0.717, 1.165) is 6.92 Å². The molecule has 0 aliphatic carbocycles. The molecule has 0 atom stereocenters. The summed E-state index contributed by atoms with van der Waals surface area (Å²) in [6, 6.07) is 0.646. The summed E-state index contributed by atoms with van der Waals surface area (Å²) in [5, 5.41) is 11.2. The Labute approximate surface area is 151 Å². The minimum absolute atomic E-state index is 0.0869. The highest BCUT2D eigenvalue weighted by molar-refractivity contribution is 7.80. The fraction of sp³-hybridized carbons (Fsp3) is 0.214. The minimum Gasteiger partial charge on any atom is -0.294 e. The number of nitrogens with zero attached hydrogens (tertiary/aromatic N) is 1. The van der Waals surface area contributed by atoms with Crippen molar-refractivity contribution in [2.75, 3.05) is 0 Å². The van der Waals surface area contributed by atoms with Crippen molar-refractivity contribution < 1.29 is 36.1 Å². The Morgan fingerprint density at radius 2 is 1.54 bits per heavy atom. The van der Waals surface area contributed by atoms with Crippen LogP contribution in [0.2, 0.25) is 0 Å². The first-order chi connectivity index (χ1) is 11.7. The third-order valence-corrected chi connectivity index (χ3v) is 5.13. The number of halogens is 6. The van der Waals surface area contributed by atoms with E-state index in [-0.39, 0.29) is 10.9 Å². The number of alkyl halides is 6. The fourth-order valence-corrected chi connectivity index (χ4v) is 3.72. The summed E-state index contributed by atoms with van der Waals surface area (Å²) in [4.78, 5) is 20.6. The maximum Gasteiger partial charge on any atom is 0.416 e. The maximum atomic E-state index is 13.0. The van der Waals surface area contributed by atoms with Crippen molar-refractivity contribution in [3.05, 3.63) is 44.3 Å². The second-order valence-electron chi connectivity index (χ2n) is 5.07. The van der Waals surface area contributed by atoms with Gasteiger partial charge in [0.1, 0.15) is 9.77 Å². The lowest BCUT2D eigenvalue weighted by molar-refractivity contribution is -0.386. The van der Waals surface area contributed by atoms with E-state index < -0.39 is 55.2 Å². The van der Waals surface area contributed by atoms with Crippen LogP contribution < -0.4 is 0 Å². The summed E-state index contributed by atoms with van der Waals surface area (Å²) in [5.74, 6) is -0.655. The minimum atomic E-state index is -5.10. The number of ketones is 1. The van der Waals surface area contributed by atoms with Gasteiger partial charge < -0.3 is 0 Å². The Kier molecular flexibility index (Phi) is 5.12. The Balaban J connectivity index is 2.86. The Morgan fingerprint density at radius 3 is 1.88 bits per heavy atom. The number of rotatable bonds is 3. The van der Waals surface area contributed by atoms with Gasteiger partial charge in [0.15, 0.2) is 5.78 Å². The normalized spacial score (nSPS) is 12.3. The first kappa shape index (κ1) is 20.2. The van der Waals surface area contributed by atoms with Crippen LogP contribution in [0.3, 0.4) is 0 Å². The van der Waals surface area contributed by atoms with Gasteiger partial charge in [0.25, 0.3) is 0 Å². The molecule has 2 rings (SSSR count). The lowest BCUT2D eigenvalue weighted by atomic mass is 10.0. The fourth-order valence-electron chi connectivity index (χ4n) is 2.10. The van der Waals surface area contributed by atoms with E-state index in [2.05, 4.69) is 12.6 Å². The van der Waals surface area contributed by atoms with Crippen LogP contribution in [-0.4, -0.2) is 10.7 Å². The van der Waals surface area contributed by atoms with Crippen LogP contribution in [0.5, 0.6) is 0 Å². The monoisotopic (exact) mass is 415 g/mol. The van der Waals surface area contributed by atoms with Crippen molar-refractivity contribution in [2.45, 2.75) is 24.2 Å². The second kappa shape index (κ2) is 6.58. The maximum absolute atomic E-state index is 13.0. The SMILES string of the molecule is CC(=O)c1sc(-c2cc(C(F)(F)F)cc(C(F)(F)F)c2)c([N+](=O)[O-])c1S. The van der Waals surface area contributed by atoms with Crippen LogP contribution in [0.4, 0.5) is 32.0 Å². The summed E-state index contributed by atoms with van der Waals surface area (Å²) in [5.41, 5.74) is -4.73. The van der Waals surface area contributed by atoms with E-state index in [0.29, 0.717) is 23.5 Å². The molecule has 0 spiro atoms. The summed E-state index contributed by atoms with van der Waals surface area (Å²) in [6.45, 7) is 1.05. The average Bonchev–Trinajstić information content (AvgIpc) is 2.82. The Hall–Kier alpha value is -2.08. The number of thiophene rings is 1. The molecule has 0 unspecified atom stereocenters. The van der Waals surface area contributed by atoms with Crippen molar-refractivity contribution in [1.29, 1.82) is 0 Å². The van der Waals surface area contributed by atoms with E-state index in [1.165, 1.54) is 0 Å². The number of nitro groups is 1. The van der Waals surface area contributed by atoms with Gasteiger partial charge in [-0.3, -0.25) is 14.9 Å². The van der Waals surface area contributed by atoms with Crippen molar-refractivity contribution in [2.24, 2.45) is 0 Å². The molecule has 0 bridgehead atoms. The van der Waals surface area contributed by atoms with Gasteiger partial charge in [-0.2, -0.15) is 26.3 Å². The highest BCUT2D eigenvalue weighted by Crippen LogP contribution is 2.47. The molecular formula is C14H7F6NO3S2. The third-order valence-electron chi connectivity index (χ3n) is 3.21. The number of carbonyl (C=O) groups is 1. The molecule has 0 saturated carbocycles. The lowest BCUT2D eigenvalue weighted by Gasteiger charge is -2.13. The van der Waals surface area contributed by atoms with Crippen LogP contribution in [-0.2, 0) is 12.4 Å². The molecule has 12 heteroatoms. The molecule has 0 amide bonds. The predicted octanol–water partition coefficient (Wildman–Crippen LogP) is 5.85. The highest BCUT2D eigenvalue weighted by Gasteiger charge is 2.38. The van der Waals surface area contributed by atoms with Crippen LogP contribution >= 0.6 is 24.0 Å². The number of carbonyl (C=O) groups excluding carboxylic acids is 1. The predicted molar refractivity (Wildman–Crippen MR) is 83.7 cm³/mol. The van der Waals surface area contributed by atoms with E-state index in [9.17, 15) is 41.3 Å². The molecule has 0 saturated heterocycles. The Bertz CT molecular complexity index is 869. The zero-order valence-corrected chi connectivity index (χ0v) is 14.2. The van der Waals surface area contributed by atoms with Crippen LogP contribution in [0.15, 0.2) is 23.1 Å². The van der Waals surface area contributed by atoms with Crippen molar-refractivity contribution in [1.82, 2.24) is 0 Å². The van der Waals surface area contributed by atoms with Gasteiger partial charge in [0, 0.05) is 0 Å². The molecule has 1 aromatic heterocycles. The van der Waals surface area contributed by atoms with Crippen molar-refractivity contribution >= 4 is 35.4 Å². The topological polar surface area (TPSA) is 60.2 Å². The molecule has 0 N–H and O–H groups in total. The van der Waals surface area contributed by atoms with Crippen LogP contribution in [0, 0.1) is 10.1 Å². The lowest BCUT2D eigenvalue weighted by Crippen LogP contribution is -2.11. The van der Waals surface area contributed by atoms with E-state index in [1.807, 2.05) is 0 Å². The second-order valence-corrected chi connectivity index (χ2v) is 6.53. The largest absolute Gasteiger partial charge is 0.416 e. The standard InChI is InChI=1S/C14H7F6NO3S2/c1-5(22)11-10(25)9(21(23)24)12(26-11)6-2-7(13(15,16)17)4-8(3-6)14(18,19)20/h2-4,25H,1H3. The van der Waals surface area contributed by atoms with Gasteiger partial charge >= 0.3 is 18.0 Å². The molecule has 140 valence electrons. The smallest absolute Gasteiger partial charge is 0.294 e. The van der Waals surface area contributed by atoms with Crippen LogP contribution in [0.25, 0.3) is 10.4 Å². The zero-order chi connectivity index (χ0) is 20.0. The van der Waals surface area contributed by atoms with E-state index in [4.69, 9.17) is 0 Å². The van der Waals surface area contributed by atoms with Crippen LogP contribution in [0.1, 0.15) is 27.7 Å². The molecule has 1 aromatic carbocycles. The molecule has 0 aliphatic rings. The van der Waals surface area contributed by atoms with Gasteiger partial charge in [-0.15, -0.1) is 24.0 Å². The van der Waals surface area contributed by atoms with Gasteiger partial charge in [0.2, 0.25) is 0 Å². The molecular weight excluding hydrogens is 408 g/mol.